The molecule has 1 N–H and O–H groups in total. The van der Waals surface area contributed by atoms with E-state index in [9.17, 15) is 4.79 Å². The van der Waals surface area contributed by atoms with E-state index in [1.807, 2.05) is 24.3 Å². The average Bonchev–Trinajstić information content (AvgIpc) is 2.92. The van der Waals surface area contributed by atoms with Crippen LogP contribution in [0.15, 0.2) is 24.3 Å². The lowest BCUT2D eigenvalue weighted by Crippen LogP contribution is -2.38. The summed E-state index contributed by atoms with van der Waals surface area (Å²) in [5.74, 6) is 2.72. The van der Waals surface area contributed by atoms with Crippen molar-refractivity contribution >= 4 is 5.91 Å². The zero-order chi connectivity index (χ0) is 14.9. The van der Waals surface area contributed by atoms with Gasteiger partial charge in [-0.3, -0.25) is 4.79 Å². The van der Waals surface area contributed by atoms with Gasteiger partial charge < -0.3 is 15.0 Å². The highest BCUT2D eigenvalue weighted by molar-refractivity contribution is 5.85. The van der Waals surface area contributed by atoms with Gasteiger partial charge in [0.15, 0.2) is 0 Å². The van der Waals surface area contributed by atoms with Crippen LogP contribution < -0.4 is 10.1 Å². The third-order valence-electron chi connectivity index (χ3n) is 5.59. The summed E-state index contributed by atoms with van der Waals surface area (Å²) < 4.78 is 5.70. The second-order valence-electron chi connectivity index (χ2n) is 6.81. The van der Waals surface area contributed by atoms with Crippen molar-refractivity contribution < 1.29 is 9.53 Å². The van der Waals surface area contributed by atoms with Crippen LogP contribution in [0, 0.1) is 11.8 Å². The summed E-state index contributed by atoms with van der Waals surface area (Å²) in [5, 5.41) is 3.49. The molecule has 3 atom stereocenters. The normalized spacial score (nSPS) is 30.9. The molecule has 22 heavy (non-hydrogen) atoms. The van der Waals surface area contributed by atoms with Crippen molar-refractivity contribution in [1.29, 1.82) is 0 Å². The number of nitrogens with zero attached hydrogens (tertiary/aromatic N) is 1. The molecule has 3 aliphatic heterocycles. The molecule has 118 valence electrons. The van der Waals surface area contributed by atoms with E-state index in [0.717, 1.165) is 68.6 Å². The Hall–Kier alpha value is -1.55. The lowest BCUT2D eigenvalue weighted by atomic mass is 9.91. The number of ether oxygens (including phenoxy) is 1. The second kappa shape index (κ2) is 5.92. The van der Waals surface area contributed by atoms with Crippen LogP contribution in [0.4, 0.5) is 0 Å². The first kappa shape index (κ1) is 14.1. The van der Waals surface area contributed by atoms with Crippen LogP contribution in [0.3, 0.4) is 0 Å². The molecule has 4 rings (SSSR count). The first-order valence-electron chi connectivity index (χ1n) is 8.54. The van der Waals surface area contributed by atoms with Crippen molar-refractivity contribution in [3.05, 3.63) is 29.8 Å². The number of nitrogens with one attached hydrogen (secondary N) is 1. The first-order chi connectivity index (χ1) is 10.8. The van der Waals surface area contributed by atoms with E-state index >= 15 is 0 Å². The summed E-state index contributed by atoms with van der Waals surface area (Å²) in [6, 6.07) is 8.01. The van der Waals surface area contributed by atoms with Crippen LogP contribution in [0.2, 0.25) is 0 Å². The van der Waals surface area contributed by atoms with Gasteiger partial charge in [0.1, 0.15) is 5.75 Å². The topological polar surface area (TPSA) is 41.6 Å². The molecule has 2 fully saturated rings. The molecule has 4 nitrogen and oxygen atoms in total. The fraction of sp³-hybridized carbons (Fsp3) is 0.611. The molecule has 3 aliphatic rings. The Morgan fingerprint density at radius 1 is 1.09 bits per heavy atom. The van der Waals surface area contributed by atoms with Gasteiger partial charge >= 0.3 is 0 Å². The monoisotopic (exact) mass is 300 g/mol. The molecule has 1 aromatic rings. The van der Waals surface area contributed by atoms with Gasteiger partial charge in [-0.1, -0.05) is 18.2 Å². The minimum absolute atomic E-state index is 0.0129. The molecule has 1 unspecified atom stereocenters. The Bertz CT molecular complexity index is 546. The van der Waals surface area contributed by atoms with Crippen LogP contribution in [-0.4, -0.2) is 43.6 Å². The number of hydrogen-bond acceptors (Lipinski definition) is 3. The van der Waals surface area contributed by atoms with Crippen molar-refractivity contribution in [1.82, 2.24) is 10.2 Å². The molecule has 4 heteroatoms. The fourth-order valence-corrected chi connectivity index (χ4v) is 4.26. The summed E-state index contributed by atoms with van der Waals surface area (Å²) in [4.78, 5) is 15.2. The molecule has 1 amide bonds. The van der Waals surface area contributed by atoms with Crippen LogP contribution in [0.25, 0.3) is 0 Å². The number of fused-ring (bicyclic) bond motifs is 2. The standard InChI is InChI=1S/C18H24N2O2/c21-18(16-7-10-22-17-4-2-1-3-15(16)17)20-8-5-13-11-19-12-14(13)6-9-20/h1-4,13-14,16,19H,5-12H2/t13-,14+,16?. The smallest absolute Gasteiger partial charge is 0.230 e. The predicted octanol–water partition coefficient (Wildman–Crippen LogP) is 2.01. The highest BCUT2D eigenvalue weighted by Crippen LogP contribution is 2.36. The third kappa shape index (κ3) is 2.50. The quantitative estimate of drug-likeness (QED) is 0.862. The minimum Gasteiger partial charge on any atom is -0.493 e. The summed E-state index contributed by atoms with van der Waals surface area (Å²) in [5.41, 5.74) is 1.07. The molecule has 1 aromatic carbocycles. The van der Waals surface area contributed by atoms with Crippen molar-refractivity contribution in [3.8, 4) is 5.75 Å². The third-order valence-corrected chi connectivity index (χ3v) is 5.59. The van der Waals surface area contributed by atoms with E-state index in [0.29, 0.717) is 12.5 Å². The van der Waals surface area contributed by atoms with Gasteiger partial charge in [0.2, 0.25) is 5.91 Å². The van der Waals surface area contributed by atoms with E-state index in [1.54, 1.807) is 0 Å². The van der Waals surface area contributed by atoms with Crippen molar-refractivity contribution in [2.45, 2.75) is 25.2 Å². The zero-order valence-corrected chi connectivity index (χ0v) is 13.0. The minimum atomic E-state index is -0.0129. The summed E-state index contributed by atoms with van der Waals surface area (Å²) in [6.45, 7) is 4.75. The molecule has 0 spiro atoms. The SMILES string of the molecule is O=C(C1CCOc2ccccc21)N1CC[C@@H]2CNC[C@@H]2CC1. The molecule has 3 heterocycles. The zero-order valence-electron chi connectivity index (χ0n) is 13.0. The molecule has 0 radical (unpaired) electrons. The maximum absolute atomic E-state index is 13.0. The number of likely N-dealkylation sites (tertiary alicyclic amines) is 1. The molecule has 0 bridgehead atoms. The number of benzene rings is 1. The summed E-state index contributed by atoms with van der Waals surface area (Å²) in [7, 11) is 0. The molecule has 0 saturated carbocycles. The number of carbonyl (C=O) groups excluding carboxylic acids is 1. The summed E-state index contributed by atoms with van der Waals surface area (Å²) >= 11 is 0. The molecule has 0 aliphatic carbocycles. The number of rotatable bonds is 1. The number of amides is 1. The Labute approximate surface area is 131 Å². The number of hydrogen-bond donors (Lipinski definition) is 1. The van der Waals surface area contributed by atoms with Gasteiger partial charge in [-0.05, 0) is 50.3 Å². The van der Waals surface area contributed by atoms with E-state index in [1.165, 1.54) is 0 Å². The predicted molar refractivity (Wildman–Crippen MR) is 85.0 cm³/mol. The Morgan fingerprint density at radius 3 is 2.59 bits per heavy atom. The van der Waals surface area contributed by atoms with Crippen molar-refractivity contribution in [2.75, 3.05) is 32.8 Å². The lowest BCUT2D eigenvalue weighted by molar-refractivity contribution is -0.133. The van der Waals surface area contributed by atoms with Gasteiger partial charge in [0.25, 0.3) is 0 Å². The molecular weight excluding hydrogens is 276 g/mol. The van der Waals surface area contributed by atoms with E-state index in [2.05, 4.69) is 10.2 Å². The van der Waals surface area contributed by atoms with E-state index in [-0.39, 0.29) is 5.92 Å². The molecule has 2 saturated heterocycles. The van der Waals surface area contributed by atoms with Crippen LogP contribution in [0.1, 0.15) is 30.7 Å². The van der Waals surface area contributed by atoms with Crippen molar-refractivity contribution in [3.63, 3.8) is 0 Å². The van der Waals surface area contributed by atoms with Gasteiger partial charge in [-0.25, -0.2) is 0 Å². The lowest BCUT2D eigenvalue weighted by Gasteiger charge is -2.30. The fourth-order valence-electron chi connectivity index (χ4n) is 4.26. The number of para-hydroxylation sites is 1. The highest BCUT2D eigenvalue weighted by atomic mass is 16.5. The van der Waals surface area contributed by atoms with E-state index in [4.69, 9.17) is 4.74 Å². The van der Waals surface area contributed by atoms with Crippen molar-refractivity contribution in [2.24, 2.45) is 11.8 Å². The highest BCUT2D eigenvalue weighted by Gasteiger charge is 2.35. The maximum atomic E-state index is 13.0. The van der Waals surface area contributed by atoms with Gasteiger partial charge in [0.05, 0.1) is 12.5 Å². The van der Waals surface area contributed by atoms with Gasteiger partial charge in [-0.2, -0.15) is 0 Å². The van der Waals surface area contributed by atoms with Crippen LogP contribution in [0.5, 0.6) is 5.75 Å². The Kier molecular flexibility index (Phi) is 3.78. The summed E-state index contributed by atoms with van der Waals surface area (Å²) in [6.07, 6.45) is 3.10. The molecule has 0 aromatic heterocycles. The van der Waals surface area contributed by atoms with Gasteiger partial charge in [-0.15, -0.1) is 0 Å². The Morgan fingerprint density at radius 2 is 1.82 bits per heavy atom. The first-order valence-corrected chi connectivity index (χ1v) is 8.54. The largest absolute Gasteiger partial charge is 0.493 e. The Balaban J connectivity index is 1.50. The maximum Gasteiger partial charge on any atom is 0.230 e. The average molecular weight is 300 g/mol. The second-order valence-corrected chi connectivity index (χ2v) is 6.81. The van der Waals surface area contributed by atoms with Crippen LogP contribution >= 0.6 is 0 Å². The van der Waals surface area contributed by atoms with Crippen LogP contribution in [-0.2, 0) is 4.79 Å². The molecular formula is C18H24N2O2. The van der Waals surface area contributed by atoms with Gasteiger partial charge in [0, 0.05) is 18.7 Å². The van der Waals surface area contributed by atoms with E-state index < -0.39 is 0 Å². The number of carbonyl (C=O) groups is 1.